The third kappa shape index (κ3) is 3.36. The van der Waals surface area contributed by atoms with Crippen LogP contribution in [0.3, 0.4) is 0 Å². The smallest absolute Gasteiger partial charge is 0.260 e. The van der Waals surface area contributed by atoms with Gasteiger partial charge in [0.2, 0.25) is 0 Å². The summed E-state index contributed by atoms with van der Waals surface area (Å²) in [7, 11) is 0. The molecule has 0 saturated carbocycles. The fraction of sp³-hybridized carbons (Fsp3) is 0.130. The summed E-state index contributed by atoms with van der Waals surface area (Å²) in [5.41, 5.74) is 4.06. The Balaban J connectivity index is 1.76. The van der Waals surface area contributed by atoms with Crippen LogP contribution in [-0.2, 0) is 11.3 Å². The van der Waals surface area contributed by atoms with E-state index in [0.717, 1.165) is 16.8 Å². The molecule has 0 aliphatic carbocycles. The zero-order chi connectivity index (χ0) is 18.8. The molecule has 0 radical (unpaired) electrons. The molecule has 3 aromatic rings. The summed E-state index contributed by atoms with van der Waals surface area (Å²) in [6.07, 6.45) is 0. The number of benzene rings is 3. The zero-order valence-electron chi connectivity index (χ0n) is 15.1. The third-order valence-corrected chi connectivity index (χ3v) is 5.22. The first kappa shape index (κ1) is 17.4. The van der Waals surface area contributed by atoms with Crippen LogP contribution in [0.1, 0.15) is 22.7 Å². The summed E-state index contributed by atoms with van der Waals surface area (Å²) in [6, 6.07) is 27.4. The van der Waals surface area contributed by atoms with Gasteiger partial charge in [-0.1, -0.05) is 78.4 Å². The molecule has 3 nitrogen and oxygen atoms in total. The number of rotatable bonds is 4. The lowest BCUT2D eigenvalue weighted by molar-refractivity contribution is -0.120. The Morgan fingerprint density at radius 1 is 0.852 bits per heavy atom. The molecular formula is C23H20N2OS. The number of nitrogens with zero attached hydrogens (tertiary/aromatic N) is 2. The number of thiocarbonyl (C=S) groups is 1. The monoisotopic (exact) mass is 372 g/mol. The number of carbonyl (C=O) groups is 1. The first-order valence-corrected chi connectivity index (χ1v) is 9.36. The Morgan fingerprint density at radius 3 is 2.07 bits per heavy atom. The summed E-state index contributed by atoms with van der Waals surface area (Å²) in [5, 5.41) is 0.542. The van der Waals surface area contributed by atoms with Crippen molar-refractivity contribution in [2.75, 3.05) is 4.90 Å². The van der Waals surface area contributed by atoms with Crippen LogP contribution in [0.5, 0.6) is 0 Å². The van der Waals surface area contributed by atoms with Gasteiger partial charge in [0.15, 0.2) is 5.11 Å². The van der Waals surface area contributed by atoms with Gasteiger partial charge in [0.1, 0.15) is 6.04 Å². The van der Waals surface area contributed by atoms with E-state index >= 15 is 0 Å². The first-order chi connectivity index (χ1) is 13.1. The molecule has 27 heavy (non-hydrogen) atoms. The maximum atomic E-state index is 13.4. The summed E-state index contributed by atoms with van der Waals surface area (Å²) in [5.74, 6) is -0.00835. The fourth-order valence-electron chi connectivity index (χ4n) is 3.41. The van der Waals surface area contributed by atoms with Gasteiger partial charge < -0.3 is 4.90 Å². The lowest BCUT2D eigenvalue weighted by Crippen LogP contribution is -2.32. The molecule has 1 atom stereocenters. The number of hydrogen-bond acceptors (Lipinski definition) is 2. The molecule has 1 aliphatic heterocycles. The molecule has 134 valence electrons. The van der Waals surface area contributed by atoms with Gasteiger partial charge in [-0.15, -0.1) is 0 Å². The highest BCUT2D eigenvalue weighted by atomic mass is 32.1. The van der Waals surface area contributed by atoms with Gasteiger partial charge in [0, 0.05) is 6.54 Å². The van der Waals surface area contributed by atoms with Crippen molar-refractivity contribution in [3.63, 3.8) is 0 Å². The standard InChI is InChI=1S/C23H20N2OS/c1-17-12-14-19(15-13-17)21-22(26)25(20-10-6-3-7-11-20)23(27)24(21)16-18-8-4-2-5-9-18/h2-15,21H,16H2,1H3/t21-/m1/s1. The lowest BCUT2D eigenvalue weighted by Gasteiger charge is -2.24. The number of hydrogen-bond donors (Lipinski definition) is 0. The van der Waals surface area contributed by atoms with Crippen LogP contribution in [0.25, 0.3) is 0 Å². The molecule has 4 heteroatoms. The van der Waals surface area contributed by atoms with E-state index in [9.17, 15) is 4.79 Å². The minimum absolute atomic E-state index is 0.00835. The average molecular weight is 372 g/mol. The second-order valence-corrected chi connectivity index (χ2v) is 7.08. The number of aryl methyl sites for hydroxylation is 1. The van der Waals surface area contributed by atoms with Gasteiger partial charge in [0.25, 0.3) is 5.91 Å². The Kier molecular flexibility index (Phi) is 4.73. The van der Waals surface area contributed by atoms with Crippen LogP contribution in [0, 0.1) is 6.92 Å². The molecule has 0 N–H and O–H groups in total. The van der Waals surface area contributed by atoms with E-state index in [2.05, 4.69) is 12.1 Å². The van der Waals surface area contributed by atoms with E-state index in [1.54, 1.807) is 4.90 Å². The van der Waals surface area contributed by atoms with Crippen LogP contribution in [0.4, 0.5) is 5.69 Å². The molecule has 1 amide bonds. The molecule has 0 aromatic heterocycles. The van der Waals surface area contributed by atoms with Crippen LogP contribution < -0.4 is 4.90 Å². The Bertz CT molecular complexity index is 955. The van der Waals surface area contributed by atoms with Crippen molar-refractivity contribution in [3.8, 4) is 0 Å². The summed E-state index contributed by atoms with van der Waals surface area (Å²) in [6.45, 7) is 2.64. The fourth-order valence-corrected chi connectivity index (χ4v) is 3.78. The number of carbonyl (C=O) groups excluding carboxylic acids is 1. The van der Waals surface area contributed by atoms with Crippen LogP contribution in [0.2, 0.25) is 0 Å². The largest absolute Gasteiger partial charge is 0.328 e. The van der Waals surface area contributed by atoms with Crippen molar-refractivity contribution in [2.24, 2.45) is 0 Å². The average Bonchev–Trinajstić information content (AvgIpc) is 2.94. The predicted octanol–water partition coefficient (Wildman–Crippen LogP) is 4.87. The minimum atomic E-state index is -0.418. The molecule has 0 bridgehead atoms. The zero-order valence-corrected chi connectivity index (χ0v) is 15.9. The normalized spacial score (nSPS) is 16.9. The molecule has 1 heterocycles. The Morgan fingerprint density at radius 2 is 1.44 bits per heavy atom. The summed E-state index contributed by atoms with van der Waals surface area (Å²) < 4.78 is 0. The van der Waals surface area contributed by atoms with E-state index < -0.39 is 6.04 Å². The molecule has 0 spiro atoms. The highest BCUT2D eigenvalue weighted by molar-refractivity contribution is 7.80. The van der Waals surface area contributed by atoms with Gasteiger partial charge in [0.05, 0.1) is 5.69 Å². The second kappa shape index (κ2) is 7.33. The second-order valence-electron chi connectivity index (χ2n) is 6.72. The minimum Gasteiger partial charge on any atom is -0.328 e. The Labute approximate surface area is 164 Å². The third-order valence-electron chi connectivity index (χ3n) is 4.81. The van der Waals surface area contributed by atoms with Crippen LogP contribution in [0.15, 0.2) is 84.9 Å². The highest BCUT2D eigenvalue weighted by Gasteiger charge is 2.43. The van der Waals surface area contributed by atoms with Crippen LogP contribution in [-0.4, -0.2) is 15.9 Å². The van der Waals surface area contributed by atoms with Crippen molar-refractivity contribution < 1.29 is 4.79 Å². The number of anilines is 1. The van der Waals surface area contributed by atoms with Crippen molar-refractivity contribution >= 4 is 28.9 Å². The van der Waals surface area contributed by atoms with Gasteiger partial charge in [-0.3, -0.25) is 9.69 Å². The van der Waals surface area contributed by atoms with E-state index in [0.29, 0.717) is 11.7 Å². The van der Waals surface area contributed by atoms with Crippen molar-refractivity contribution in [3.05, 3.63) is 102 Å². The topological polar surface area (TPSA) is 23.6 Å². The first-order valence-electron chi connectivity index (χ1n) is 8.95. The number of amides is 1. The highest BCUT2D eigenvalue weighted by Crippen LogP contribution is 2.35. The van der Waals surface area contributed by atoms with Crippen molar-refractivity contribution in [2.45, 2.75) is 19.5 Å². The quantitative estimate of drug-likeness (QED) is 0.611. The maximum Gasteiger partial charge on any atom is 0.260 e. The molecule has 1 saturated heterocycles. The number of para-hydroxylation sites is 1. The van der Waals surface area contributed by atoms with E-state index in [-0.39, 0.29) is 5.91 Å². The molecular weight excluding hydrogens is 352 g/mol. The SMILES string of the molecule is Cc1ccc([C@@H]2C(=O)N(c3ccccc3)C(=S)N2Cc2ccccc2)cc1. The van der Waals surface area contributed by atoms with E-state index in [1.165, 1.54) is 5.56 Å². The van der Waals surface area contributed by atoms with Crippen molar-refractivity contribution in [1.29, 1.82) is 0 Å². The lowest BCUT2D eigenvalue weighted by atomic mass is 10.0. The van der Waals surface area contributed by atoms with E-state index in [4.69, 9.17) is 12.2 Å². The Hall–Kier alpha value is -2.98. The molecule has 3 aromatic carbocycles. The molecule has 1 fully saturated rings. The predicted molar refractivity (Wildman–Crippen MR) is 112 cm³/mol. The summed E-state index contributed by atoms with van der Waals surface area (Å²) >= 11 is 5.75. The van der Waals surface area contributed by atoms with Crippen LogP contribution >= 0.6 is 12.2 Å². The molecule has 1 aliphatic rings. The summed E-state index contributed by atoms with van der Waals surface area (Å²) in [4.78, 5) is 17.1. The maximum absolute atomic E-state index is 13.4. The molecule has 0 unspecified atom stereocenters. The van der Waals surface area contributed by atoms with Gasteiger partial charge in [-0.25, -0.2) is 0 Å². The van der Waals surface area contributed by atoms with E-state index in [1.807, 2.05) is 84.6 Å². The van der Waals surface area contributed by atoms with Gasteiger partial charge in [-0.05, 0) is 42.4 Å². The molecule has 4 rings (SSSR count). The van der Waals surface area contributed by atoms with Crippen molar-refractivity contribution in [1.82, 2.24) is 4.90 Å². The van der Waals surface area contributed by atoms with Gasteiger partial charge >= 0.3 is 0 Å². The van der Waals surface area contributed by atoms with Gasteiger partial charge in [-0.2, -0.15) is 0 Å².